The van der Waals surface area contributed by atoms with Crippen molar-refractivity contribution in [2.45, 2.75) is 12.8 Å². The average molecular weight is 302 g/mol. The second kappa shape index (κ2) is 5.61. The summed E-state index contributed by atoms with van der Waals surface area (Å²) in [4.78, 5) is 20.6. The molecule has 3 aromatic rings. The first-order valence-electron chi connectivity index (χ1n) is 7.42. The van der Waals surface area contributed by atoms with E-state index in [0.29, 0.717) is 6.42 Å². The van der Waals surface area contributed by atoms with Crippen molar-refractivity contribution in [2.24, 2.45) is 4.99 Å². The second-order valence-electron chi connectivity index (χ2n) is 5.52. The summed E-state index contributed by atoms with van der Waals surface area (Å²) in [5.74, 6) is -0.142. The van der Waals surface area contributed by atoms with Gasteiger partial charge in [0.1, 0.15) is 0 Å². The number of H-pyrrole nitrogens is 1. The standard InChI is InChI=1S/C18H14N4O/c23-18-15(9-12-4-6-19-7-5-12)17-14(2-1-3-16(17)22-18)8-13-10-20-21-11-13/h1-7,10-11H,8-9H2,(H,20,21). The Morgan fingerprint density at radius 3 is 2.65 bits per heavy atom. The molecular formula is C18H14N4O. The smallest absolute Gasteiger partial charge is 0.274 e. The predicted octanol–water partition coefficient (Wildman–Crippen LogP) is 0.949. The number of hydrogen-bond donors (Lipinski definition) is 1. The molecule has 0 radical (unpaired) electrons. The third kappa shape index (κ3) is 2.57. The predicted molar refractivity (Wildman–Crippen MR) is 85.0 cm³/mol. The minimum absolute atomic E-state index is 0.142. The number of nitrogens with zero attached hydrogens (tertiary/aromatic N) is 3. The second-order valence-corrected chi connectivity index (χ2v) is 5.52. The summed E-state index contributed by atoms with van der Waals surface area (Å²) in [6.45, 7) is 0. The van der Waals surface area contributed by atoms with Crippen molar-refractivity contribution in [3.05, 3.63) is 82.4 Å². The number of aromatic nitrogens is 3. The molecule has 1 aliphatic rings. The molecule has 1 aliphatic heterocycles. The molecule has 0 aliphatic carbocycles. The molecule has 0 saturated carbocycles. The largest absolute Gasteiger partial charge is 0.285 e. The molecule has 23 heavy (non-hydrogen) atoms. The summed E-state index contributed by atoms with van der Waals surface area (Å²) in [5.41, 5.74) is 4.00. The molecule has 0 saturated heterocycles. The van der Waals surface area contributed by atoms with E-state index in [1.54, 1.807) is 18.6 Å². The van der Waals surface area contributed by atoms with Gasteiger partial charge in [-0.2, -0.15) is 5.10 Å². The Bertz CT molecular complexity index is 976. The highest BCUT2D eigenvalue weighted by molar-refractivity contribution is 6.15. The van der Waals surface area contributed by atoms with Crippen molar-refractivity contribution in [3.63, 3.8) is 0 Å². The molecule has 0 unspecified atom stereocenters. The summed E-state index contributed by atoms with van der Waals surface area (Å²) in [6, 6.07) is 9.74. The summed E-state index contributed by atoms with van der Waals surface area (Å²) in [5, 5.41) is 8.54. The minimum atomic E-state index is -0.142. The number of pyridine rings is 1. The van der Waals surface area contributed by atoms with Gasteiger partial charge in [-0.15, -0.1) is 0 Å². The van der Waals surface area contributed by atoms with Crippen LogP contribution in [0, 0.1) is 0 Å². The lowest BCUT2D eigenvalue weighted by Crippen LogP contribution is -2.28. The van der Waals surface area contributed by atoms with Gasteiger partial charge in [-0.3, -0.25) is 14.9 Å². The van der Waals surface area contributed by atoms with Crippen LogP contribution in [0.5, 0.6) is 0 Å². The molecule has 1 aromatic carbocycles. The van der Waals surface area contributed by atoms with Gasteiger partial charge < -0.3 is 0 Å². The molecule has 5 heteroatoms. The molecule has 5 nitrogen and oxygen atoms in total. The molecule has 0 fully saturated rings. The molecule has 1 amide bonds. The summed E-state index contributed by atoms with van der Waals surface area (Å²) >= 11 is 0. The molecule has 112 valence electrons. The van der Waals surface area contributed by atoms with Crippen LogP contribution < -0.4 is 10.6 Å². The van der Waals surface area contributed by atoms with Crippen LogP contribution in [0.3, 0.4) is 0 Å². The van der Waals surface area contributed by atoms with Gasteiger partial charge >= 0.3 is 0 Å². The van der Waals surface area contributed by atoms with E-state index in [1.807, 2.05) is 36.5 Å². The third-order valence-corrected chi connectivity index (χ3v) is 3.99. The van der Waals surface area contributed by atoms with E-state index in [0.717, 1.165) is 39.3 Å². The fourth-order valence-electron chi connectivity index (χ4n) is 2.92. The van der Waals surface area contributed by atoms with Crippen molar-refractivity contribution in [1.29, 1.82) is 0 Å². The van der Waals surface area contributed by atoms with E-state index in [-0.39, 0.29) is 5.91 Å². The first kappa shape index (κ1) is 13.6. The highest BCUT2D eigenvalue weighted by Crippen LogP contribution is 2.12. The Balaban J connectivity index is 1.84. The number of fused-ring (bicyclic) bond motifs is 1. The normalized spacial score (nSPS) is 13.0. The van der Waals surface area contributed by atoms with Gasteiger partial charge in [-0.1, -0.05) is 12.1 Å². The van der Waals surface area contributed by atoms with E-state index in [4.69, 9.17) is 0 Å². The van der Waals surface area contributed by atoms with Crippen molar-refractivity contribution in [1.82, 2.24) is 15.2 Å². The zero-order valence-corrected chi connectivity index (χ0v) is 12.4. The molecular weight excluding hydrogens is 288 g/mol. The molecule has 0 atom stereocenters. The Morgan fingerprint density at radius 1 is 1.00 bits per heavy atom. The molecule has 2 aromatic heterocycles. The van der Waals surface area contributed by atoms with Gasteiger partial charge in [0.25, 0.3) is 5.91 Å². The quantitative estimate of drug-likeness (QED) is 0.780. The van der Waals surface area contributed by atoms with Gasteiger partial charge in [-0.25, -0.2) is 4.99 Å². The number of carbonyl (C=O) groups is 1. The Kier molecular flexibility index (Phi) is 3.31. The van der Waals surface area contributed by atoms with E-state index in [2.05, 4.69) is 20.2 Å². The highest BCUT2D eigenvalue weighted by atomic mass is 16.1. The maximum Gasteiger partial charge on any atom is 0.274 e. The van der Waals surface area contributed by atoms with E-state index < -0.39 is 0 Å². The lowest BCUT2D eigenvalue weighted by atomic mass is 9.98. The van der Waals surface area contributed by atoms with Crippen molar-refractivity contribution in [2.75, 3.05) is 0 Å². The Hall–Kier alpha value is -3.08. The fourth-order valence-corrected chi connectivity index (χ4v) is 2.92. The fraction of sp³-hybridized carbons (Fsp3) is 0.111. The van der Waals surface area contributed by atoms with Gasteiger partial charge in [0.05, 0.1) is 11.6 Å². The molecule has 4 rings (SSSR count). The molecule has 3 heterocycles. The van der Waals surface area contributed by atoms with Crippen LogP contribution in [0.15, 0.2) is 60.1 Å². The number of amides is 1. The van der Waals surface area contributed by atoms with Gasteiger partial charge in [0.15, 0.2) is 0 Å². The molecule has 0 spiro atoms. The average Bonchev–Trinajstić information content (AvgIpc) is 3.18. The van der Waals surface area contributed by atoms with Crippen molar-refractivity contribution < 1.29 is 4.79 Å². The molecule has 1 N–H and O–H groups in total. The monoisotopic (exact) mass is 302 g/mol. The van der Waals surface area contributed by atoms with Crippen molar-refractivity contribution in [3.8, 4) is 0 Å². The van der Waals surface area contributed by atoms with E-state index >= 15 is 0 Å². The Labute approximate surface area is 132 Å². The number of benzene rings is 1. The van der Waals surface area contributed by atoms with Crippen LogP contribution in [0.4, 0.5) is 0 Å². The zero-order chi connectivity index (χ0) is 15.6. The Morgan fingerprint density at radius 2 is 1.87 bits per heavy atom. The lowest BCUT2D eigenvalue weighted by Gasteiger charge is -2.04. The van der Waals surface area contributed by atoms with Crippen LogP contribution >= 0.6 is 0 Å². The van der Waals surface area contributed by atoms with Gasteiger partial charge in [0.2, 0.25) is 0 Å². The van der Waals surface area contributed by atoms with E-state index in [1.165, 1.54) is 0 Å². The molecule has 0 bridgehead atoms. The van der Waals surface area contributed by atoms with Crippen LogP contribution in [0.2, 0.25) is 0 Å². The minimum Gasteiger partial charge on any atom is -0.285 e. The summed E-state index contributed by atoms with van der Waals surface area (Å²) in [6.07, 6.45) is 8.45. The third-order valence-electron chi connectivity index (χ3n) is 3.99. The van der Waals surface area contributed by atoms with Gasteiger partial charge in [0, 0.05) is 42.2 Å². The first-order chi connectivity index (χ1) is 11.3. The number of carbonyl (C=O) groups excluding carboxylic acids is 1. The zero-order valence-electron chi connectivity index (χ0n) is 12.4. The first-order valence-corrected chi connectivity index (χ1v) is 7.42. The maximum absolute atomic E-state index is 12.4. The summed E-state index contributed by atoms with van der Waals surface area (Å²) in [7, 11) is 0. The van der Waals surface area contributed by atoms with E-state index in [9.17, 15) is 4.79 Å². The SMILES string of the molecule is O=C1N=c2cccc(Cc3cn[nH]c3)c2=C1Cc1ccncc1. The van der Waals surface area contributed by atoms with Crippen LogP contribution in [-0.4, -0.2) is 21.1 Å². The maximum atomic E-state index is 12.4. The topological polar surface area (TPSA) is 71.0 Å². The number of rotatable bonds is 4. The number of hydrogen-bond acceptors (Lipinski definition) is 3. The van der Waals surface area contributed by atoms with Crippen LogP contribution in [-0.2, 0) is 17.6 Å². The van der Waals surface area contributed by atoms with Gasteiger partial charge in [-0.05, 0) is 34.9 Å². The van der Waals surface area contributed by atoms with Crippen LogP contribution in [0.1, 0.15) is 16.7 Å². The lowest BCUT2D eigenvalue weighted by molar-refractivity contribution is -0.112. The number of aromatic amines is 1. The van der Waals surface area contributed by atoms with Crippen LogP contribution in [0.25, 0.3) is 5.57 Å². The highest BCUT2D eigenvalue weighted by Gasteiger charge is 2.19. The van der Waals surface area contributed by atoms with Crippen molar-refractivity contribution >= 4 is 11.5 Å². The summed E-state index contributed by atoms with van der Waals surface area (Å²) < 4.78 is 0. The number of nitrogens with one attached hydrogen (secondary N) is 1.